The number of nitrogens with one attached hydrogen (secondary N) is 2. The number of carbonyl (C=O) groups excluding carboxylic acids is 2. The smallest absolute Gasteiger partial charge is 0.233 e. The van der Waals surface area contributed by atoms with E-state index in [0.717, 1.165) is 5.56 Å². The van der Waals surface area contributed by atoms with E-state index < -0.39 is 5.91 Å². The van der Waals surface area contributed by atoms with Gasteiger partial charge in [0.1, 0.15) is 12.2 Å². The minimum atomic E-state index is -0.426. The lowest BCUT2D eigenvalue weighted by molar-refractivity contribution is -0.126. The molecule has 0 unspecified atom stereocenters. The lowest BCUT2D eigenvalue weighted by Gasteiger charge is -2.12. The third-order valence-electron chi connectivity index (χ3n) is 2.70. The van der Waals surface area contributed by atoms with Crippen LogP contribution in [-0.4, -0.2) is 39.2 Å². The fourth-order valence-corrected chi connectivity index (χ4v) is 1.78. The molecule has 0 aliphatic heterocycles. The number of hydrogen-bond acceptors (Lipinski definition) is 4. The minimum Gasteiger partial charge on any atom is -0.495 e. The van der Waals surface area contributed by atoms with E-state index >= 15 is 0 Å². The number of amides is 2. The number of methoxy groups -OCH3 is 2. The van der Waals surface area contributed by atoms with Crippen LogP contribution in [0.2, 0.25) is 5.02 Å². The molecular weight excluding hydrogens is 296 g/mol. The van der Waals surface area contributed by atoms with Gasteiger partial charge in [-0.25, -0.2) is 0 Å². The molecule has 1 rings (SSSR count). The van der Waals surface area contributed by atoms with Crippen LogP contribution in [0.5, 0.6) is 5.75 Å². The summed E-state index contributed by atoms with van der Waals surface area (Å²) in [5.74, 6) is -0.349. The van der Waals surface area contributed by atoms with E-state index in [2.05, 4.69) is 10.6 Å². The van der Waals surface area contributed by atoms with Gasteiger partial charge in [-0.1, -0.05) is 11.6 Å². The lowest BCUT2D eigenvalue weighted by atomic mass is 10.2. The first kappa shape index (κ1) is 17.3. The average Bonchev–Trinajstić information content (AvgIpc) is 2.42. The molecule has 0 radical (unpaired) electrons. The second-order valence-electron chi connectivity index (χ2n) is 4.37. The van der Waals surface area contributed by atoms with Crippen molar-refractivity contribution in [2.45, 2.75) is 13.3 Å². The zero-order valence-corrected chi connectivity index (χ0v) is 13.0. The predicted octanol–water partition coefficient (Wildman–Crippen LogP) is 1.75. The highest BCUT2D eigenvalue weighted by Gasteiger charge is 2.13. The summed E-state index contributed by atoms with van der Waals surface area (Å²) in [5, 5.41) is 5.75. The highest BCUT2D eigenvalue weighted by molar-refractivity contribution is 6.31. The van der Waals surface area contributed by atoms with Crippen LogP contribution in [0, 0.1) is 6.92 Å². The van der Waals surface area contributed by atoms with E-state index in [9.17, 15) is 9.59 Å². The van der Waals surface area contributed by atoms with Gasteiger partial charge in [-0.15, -0.1) is 0 Å². The Balaban J connectivity index is 2.62. The van der Waals surface area contributed by atoms with Crippen LogP contribution < -0.4 is 15.4 Å². The molecule has 2 N–H and O–H groups in total. The largest absolute Gasteiger partial charge is 0.495 e. The Morgan fingerprint density at radius 1 is 1.24 bits per heavy atom. The van der Waals surface area contributed by atoms with Crippen LogP contribution in [-0.2, 0) is 14.3 Å². The van der Waals surface area contributed by atoms with Crippen LogP contribution in [0.25, 0.3) is 0 Å². The normalized spacial score (nSPS) is 10.1. The van der Waals surface area contributed by atoms with E-state index in [4.69, 9.17) is 21.1 Å². The highest BCUT2D eigenvalue weighted by Crippen LogP contribution is 2.30. The molecular formula is C14H19ClN2O4. The molecule has 0 aromatic heterocycles. The molecule has 6 nitrogen and oxygen atoms in total. The van der Waals surface area contributed by atoms with Crippen LogP contribution in [0.1, 0.15) is 12.0 Å². The van der Waals surface area contributed by atoms with E-state index in [0.29, 0.717) is 29.6 Å². The Labute approximate surface area is 128 Å². The maximum atomic E-state index is 11.8. The van der Waals surface area contributed by atoms with Gasteiger partial charge < -0.3 is 20.1 Å². The number of anilines is 1. The monoisotopic (exact) mass is 314 g/mol. The van der Waals surface area contributed by atoms with E-state index in [1.165, 1.54) is 14.2 Å². The summed E-state index contributed by atoms with van der Waals surface area (Å²) in [6, 6.07) is 3.31. The number of hydrogen-bond donors (Lipinski definition) is 2. The maximum absolute atomic E-state index is 11.8. The van der Waals surface area contributed by atoms with Crippen molar-refractivity contribution in [3.8, 4) is 5.75 Å². The maximum Gasteiger partial charge on any atom is 0.233 e. The van der Waals surface area contributed by atoms with Crippen molar-refractivity contribution in [2.75, 3.05) is 32.7 Å². The summed E-state index contributed by atoms with van der Waals surface area (Å²) in [5.41, 5.74) is 1.28. The first-order valence-electron chi connectivity index (χ1n) is 6.37. The minimum absolute atomic E-state index is 0.269. The quantitative estimate of drug-likeness (QED) is 0.594. The van der Waals surface area contributed by atoms with Crippen molar-refractivity contribution in [3.05, 3.63) is 22.7 Å². The third-order valence-corrected chi connectivity index (χ3v) is 3.11. The number of carbonyl (C=O) groups is 2. The molecule has 116 valence electrons. The molecule has 1 aromatic carbocycles. The van der Waals surface area contributed by atoms with Crippen molar-refractivity contribution in [1.29, 1.82) is 0 Å². The third kappa shape index (κ3) is 5.61. The number of ether oxygens (including phenoxy) is 2. The van der Waals surface area contributed by atoms with E-state index in [1.807, 2.05) is 6.92 Å². The zero-order chi connectivity index (χ0) is 15.8. The van der Waals surface area contributed by atoms with Gasteiger partial charge in [0.05, 0.1) is 19.4 Å². The second-order valence-corrected chi connectivity index (χ2v) is 4.78. The van der Waals surface area contributed by atoms with Gasteiger partial charge >= 0.3 is 0 Å². The van der Waals surface area contributed by atoms with Gasteiger partial charge in [0.25, 0.3) is 0 Å². The van der Waals surface area contributed by atoms with Crippen molar-refractivity contribution < 1.29 is 19.1 Å². The highest BCUT2D eigenvalue weighted by atomic mass is 35.5. The summed E-state index contributed by atoms with van der Waals surface area (Å²) in [7, 11) is 3.02. The Morgan fingerprint density at radius 3 is 2.57 bits per heavy atom. The lowest BCUT2D eigenvalue weighted by Crippen LogP contribution is -2.30. The summed E-state index contributed by atoms with van der Waals surface area (Å²) < 4.78 is 9.95. The van der Waals surface area contributed by atoms with Crippen LogP contribution in [0.4, 0.5) is 5.69 Å². The number of rotatable bonds is 7. The predicted molar refractivity (Wildman–Crippen MR) is 80.9 cm³/mol. The Kier molecular flexibility index (Phi) is 6.98. The Hall–Kier alpha value is -1.79. The molecule has 0 atom stereocenters. The van der Waals surface area contributed by atoms with Gasteiger partial charge in [0, 0.05) is 24.7 Å². The standard InChI is InChI=1S/C14H19ClN2O4/c1-9-6-11(12(21-3)7-10(9)15)17-14(19)8-13(18)16-4-5-20-2/h6-7H,4-5,8H2,1-3H3,(H,16,18)(H,17,19). The summed E-state index contributed by atoms with van der Waals surface area (Å²) >= 11 is 5.99. The van der Waals surface area contributed by atoms with Crippen molar-refractivity contribution in [2.24, 2.45) is 0 Å². The van der Waals surface area contributed by atoms with Crippen molar-refractivity contribution >= 4 is 29.1 Å². The fraction of sp³-hybridized carbons (Fsp3) is 0.429. The van der Waals surface area contributed by atoms with Gasteiger partial charge in [-0.2, -0.15) is 0 Å². The Morgan fingerprint density at radius 2 is 1.95 bits per heavy atom. The number of halogens is 1. The Bertz CT molecular complexity index is 520. The van der Waals surface area contributed by atoms with Crippen LogP contribution in [0.3, 0.4) is 0 Å². The van der Waals surface area contributed by atoms with Crippen LogP contribution in [0.15, 0.2) is 12.1 Å². The molecule has 2 amide bonds. The molecule has 0 heterocycles. The van der Waals surface area contributed by atoms with Gasteiger partial charge in [0.15, 0.2) is 0 Å². The van der Waals surface area contributed by atoms with Gasteiger partial charge in [0.2, 0.25) is 11.8 Å². The first-order chi connectivity index (χ1) is 9.97. The van der Waals surface area contributed by atoms with Crippen LogP contribution >= 0.6 is 11.6 Å². The number of benzene rings is 1. The second kappa shape index (κ2) is 8.49. The summed E-state index contributed by atoms with van der Waals surface area (Å²) in [6.45, 7) is 2.58. The molecule has 0 spiro atoms. The molecule has 0 saturated carbocycles. The topological polar surface area (TPSA) is 76.7 Å². The molecule has 0 aliphatic carbocycles. The molecule has 0 aliphatic rings. The van der Waals surface area contributed by atoms with E-state index in [1.54, 1.807) is 12.1 Å². The fourth-order valence-electron chi connectivity index (χ4n) is 1.63. The van der Waals surface area contributed by atoms with Gasteiger partial charge in [-0.05, 0) is 18.6 Å². The van der Waals surface area contributed by atoms with Gasteiger partial charge in [-0.3, -0.25) is 9.59 Å². The molecule has 0 bridgehead atoms. The average molecular weight is 315 g/mol. The summed E-state index contributed by atoms with van der Waals surface area (Å²) in [6.07, 6.45) is -0.269. The number of aryl methyl sites for hydroxylation is 1. The molecule has 0 saturated heterocycles. The summed E-state index contributed by atoms with van der Waals surface area (Å²) in [4.78, 5) is 23.3. The first-order valence-corrected chi connectivity index (χ1v) is 6.75. The molecule has 21 heavy (non-hydrogen) atoms. The van der Waals surface area contributed by atoms with E-state index in [-0.39, 0.29) is 12.3 Å². The SMILES string of the molecule is COCCNC(=O)CC(=O)Nc1cc(C)c(Cl)cc1OC. The molecule has 0 fully saturated rings. The zero-order valence-electron chi connectivity index (χ0n) is 12.3. The molecule has 1 aromatic rings. The van der Waals surface area contributed by atoms with Crippen molar-refractivity contribution in [3.63, 3.8) is 0 Å². The molecule has 7 heteroatoms. The van der Waals surface area contributed by atoms with Crippen molar-refractivity contribution in [1.82, 2.24) is 5.32 Å².